The molecule has 0 bridgehead atoms. The van der Waals surface area contributed by atoms with Gasteiger partial charge in [-0.3, -0.25) is 5.41 Å². The van der Waals surface area contributed by atoms with Crippen LogP contribution in [0.15, 0.2) is 0 Å². The largest absolute Gasteiger partial charge is 0.385 e. The first-order chi connectivity index (χ1) is 6.67. The highest BCUT2D eigenvalue weighted by Crippen LogP contribution is 2.34. The van der Waals surface area contributed by atoms with E-state index in [0.29, 0.717) is 6.42 Å². The van der Waals surface area contributed by atoms with Gasteiger partial charge in [0.15, 0.2) is 0 Å². The van der Waals surface area contributed by atoms with Crippen LogP contribution in [-0.4, -0.2) is 28.3 Å². The van der Waals surface area contributed by atoms with Crippen LogP contribution in [0.1, 0.15) is 40.5 Å². The Kier molecular flexibility index (Phi) is 3.09. The van der Waals surface area contributed by atoms with E-state index in [1.807, 2.05) is 13.8 Å². The molecule has 1 aliphatic heterocycles. The molecule has 1 heterocycles. The summed E-state index contributed by atoms with van der Waals surface area (Å²) in [6.07, 6.45) is 1.00. The smallest absolute Gasteiger partial charge is 0.138 e. The van der Waals surface area contributed by atoms with Crippen LogP contribution in [0.2, 0.25) is 0 Å². The lowest BCUT2D eigenvalue weighted by Crippen LogP contribution is -2.48. The third kappa shape index (κ3) is 2.48. The van der Waals surface area contributed by atoms with Crippen LogP contribution in [0.5, 0.6) is 0 Å². The van der Waals surface area contributed by atoms with Crippen molar-refractivity contribution in [2.75, 3.05) is 0 Å². The fourth-order valence-electron chi connectivity index (χ4n) is 1.60. The SMILES string of the molecule is CC(C)(OC1CCC(C)(C)N1[O])C(=N)N. The Balaban J connectivity index is 2.66. The average molecular weight is 214 g/mol. The zero-order valence-electron chi connectivity index (χ0n) is 9.83. The highest BCUT2D eigenvalue weighted by Gasteiger charge is 2.43. The summed E-state index contributed by atoms with van der Waals surface area (Å²) in [5, 5.41) is 20.1. The Labute approximate surface area is 90.7 Å². The van der Waals surface area contributed by atoms with E-state index >= 15 is 0 Å². The minimum atomic E-state index is -0.867. The summed E-state index contributed by atoms with van der Waals surface area (Å²) in [6.45, 7) is 7.19. The Morgan fingerprint density at radius 3 is 2.47 bits per heavy atom. The van der Waals surface area contributed by atoms with Gasteiger partial charge in [-0.25, -0.2) is 0 Å². The lowest BCUT2D eigenvalue weighted by atomic mass is 10.0. The first kappa shape index (κ1) is 12.4. The fraction of sp³-hybridized carbons (Fsp3) is 0.900. The summed E-state index contributed by atoms with van der Waals surface area (Å²) in [5.41, 5.74) is 4.15. The highest BCUT2D eigenvalue weighted by atomic mass is 16.6. The molecular formula is C10H20N3O2. The first-order valence-electron chi connectivity index (χ1n) is 5.15. The van der Waals surface area contributed by atoms with Gasteiger partial charge >= 0.3 is 0 Å². The van der Waals surface area contributed by atoms with Gasteiger partial charge in [0, 0.05) is 5.54 Å². The quantitative estimate of drug-likeness (QED) is 0.548. The molecule has 1 unspecified atom stereocenters. The number of nitrogens with one attached hydrogen (secondary N) is 1. The Bertz CT molecular complexity index is 263. The van der Waals surface area contributed by atoms with Gasteiger partial charge in [-0.15, -0.1) is 10.3 Å². The molecule has 0 aromatic rings. The summed E-state index contributed by atoms with van der Waals surface area (Å²) >= 11 is 0. The van der Waals surface area contributed by atoms with Crippen molar-refractivity contribution in [2.24, 2.45) is 5.73 Å². The second-order valence-electron chi connectivity index (χ2n) is 5.17. The van der Waals surface area contributed by atoms with Crippen LogP contribution in [0, 0.1) is 5.41 Å². The van der Waals surface area contributed by atoms with E-state index in [1.54, 1.807) is 13.8 Å². The van der Waals surface area contributed by atoms with E-state index in [2.05, 4.69) is 0 Å². The molecule has 3 N–H and O–H groups in total. The number of ether oxygens (including phenoxy) is 1. The third-order valence-corrected chi connectivity index (χ3v) is 2.94. The molecule has 5 nitrogen and oxygen atoms in total. The van der Waals surface area contributed by atoms with Gasteiger partial charge < -0.3 is 10.5 Å². The third-order valence-electron chi connectivity index (χ3n) is 2.94. The predicted octanol–water partition coefficient (Wildman–Crippen LogP) is 1.26. The van der Waals surface area contributed by atoms with Crippen molar-refractivity contribution in [1.82, 2.24) is 5.06 Å². The van der Waals surface area contributed by atoms with Gasteiger partial charge in [-0.1, -0.05) is 0 Å². The van der Waals surface area contributed by atoms with Gasteiger partial charge in [0.25, 0.3) is 0 Å². The average Bonchev–Trinajstić information content (AvgIpc) is 2.31. The molecule has 1 rings (SSSR count). The van der Waals surface area contributed by atoms with Crippen LogP contribution in [0.3, 0.4) is 0 Å². The van der Waals surface area contributed by atoms with Crippen LogP contribution < -0.4 is 5.73 Å². The Morgan fingerprint density at radius 2 is 2.13 bits per heavy atom. The molecule has 1 fully saturated rings. The summed E-state index contributed by atoms with van der Waals surface area (Å²) < 4.78 is 5.57. The molecule has 0 aliphatic carbocycles. The van der Waals surface area contributed by atoms with Gasteiger partial charge in [-0.2, -0.15) is 0 Å². The van der Waals surface area contributed by atoms with Crippen LogP contribution in [0.25, 0.3) is 0 Å². The second kappa shape index (κ2) is 3.73. The van der Waals surface area contributed by atoms with Crippen molar-refractivity contribution in [2.45, 2.75) is 57.9 Å². The van der Waals surface area contributed by atoms with Crippen molar-refractivity contribution in [3.05, 3.63) is 0 Å². The van der Waals surface area contributed by atoms with Crippen LogP contribution in [-0.2, 0) is 9.94 Å². The standard InChI is InChI=1S/C10H20N3O2/c1-9(2)6-5-7(13(9)14)15-10(3,4)8(11)12/h7H,5-6H2,1-4H3,(H3,11,12). The molecular weight excluding hydrogens is 194 g/mol. The van der Waals surface area contributed by atoms with Crippen molar-refractivity contribution in [1.29, 1.82) is 5.41 Å². The molecule has 1 radical (unpaired) electrons. The molecule has 1 aliphatic rings. The summed E-state index contributed by atoms with van der Waals surface area (Å²) in [7, 11) is 0. The number of nitrogens with zero attached hydrogens (tertiary/aromatic N) is 1. The zero-order chi connectivity index (χ0) is 11.9. The molecule has 0 aromatic carbocycles. The molecule has 0 spiro atoms. The zero-order valence-corrected chi connectivity index (χ0v) is 9.83. The monoisotopic (exact) mass is 214 g/mol. The molecule has 0 saturated carbocycles. The van der Waals surface area contributed by atoms with Gasteiger partial charge in [0.1, 0.15) is 17.7 Å². The van der Waals surface area contributed by atoms with Crippen molar-refractivity contribution in [3.8, 4) is 0 Å². The predicted molar refractivity (Wildman–Crippen MR) is 56.7 cm³/mol. The maximum absolute atomic E-state index is 11.8. The topological polar surface area (TPSA) is 82.2 Å². The highest BCUT2D eigenvalue weighted by molar-refractivity contribution is 5.85. The minimum Gasteiger partial charge on any atom is -0.385 e. The number of hydroxylamine groups is 2. The normalized spacial score (nSPS) is 26.9. The van der Waals surface area contributed by atoms with Crippen molar-refractivity contribution < 1.29 is 9.94 Å². The Morgan fingerprint density at radius 1 is 1.60 bits per heavy atom. The maximum Gasteiger partial charge on any atom is 0.138 e. The lowest BCUT2D eigenvalue weighted by Gasteiger charge is -2.32. The van der Waals surface area contributed by atoms with E-state index in [-0.39, 0.29) is 11.4 Å². The summed E-state index contributed by atoms with van der Waals surface area (Å²) in [5.74, 6) is -0.0550. The van der Waals surface area contributed by atoms with E-state index in [1.165, 1.54) is 0 Å². The molecule has 1 atom stereocenters. The van der Waals surface area contributed by atoms with Crippen molar-refractivity contribution >= 4 is 5.84 Å². The van der Waals surface area contributed by atoms with E-state index in [9.17, 15) is 5.21 Å². The van der Waals surface area contributed by atoms with Gasteiger partial charge in [0.2, 0.25) is 0 Å². The number of hydrogen-bond donors (Lipinski definition) is 2. The second-order valence-corrected chi connectivity index (χ2v) is 5.17. The Hall–Kier alpha value is -0.650. The number of hydrogen-bond acceptors (Lipinski definition) is 3. The molecule has 5 heteroatoms. The molecule has 87 valence electrons. The molecule has 0 amide bonds. The van der Waals surface area contributed by atoms with Crippen molar-refractivity contribution in [3.63, 3.8) is 0 Å². The minimum absolute atomic E-state index is 0.0550. The summed E-state index contributed by atoms with van der Waals surface area (Å²) in [4.78, 5) is 0. The van der Waals surface area contributed by atoms with Crippen LogP contribution >= 0.6 is 0 Å². The van der Waals surface area contributed by atoms with E-state index in [4.69, 9.17) is 15.9 Å². The molecule has 0 aromatic heterocycles. The van der Waals surface area contributed by atoms with E-state index in [0.717, 1.165) is 11.5 Å². The lowest BCUT2D eigenvalue weighted by molar-refractivity contribution is -0.288. The van der Waals surface area contributed by atoms with E-state index < -0.39 is 11.8 Å². The fourth-order valence-corrected chi connectivity index (χ4v) is 1.60. The number of rotatable bonds is 3. The molecule has 1 saturated heterocycles. The first-order valence-corrected chi connectivity index (χ1v) is 5.15. The molecule has 15 heavy (non-hydrogen) atoms. The van der Waals surface area contributed by atoms with Gasteiger partial charge in [-0.05, 0) is 40.5 Å². The van der Waals surface area contributed by atoms with Crippen LogP contribution in [0.4, 0.5) is 0 Å². The van der Waals surface area contributed by atoms with Gasteiger partial charge in [0.05, 0.1) is 0 Å². The number of amidine groups is 1. The summed E-state index contributed by atoms with van der Waals surface area (Å²) in [6, 6.07) is 0. The number of nitrogens with two attached hydrogens (primary N) is 1. The maximum atomic E-state index is 11.8.